The molecule has 1 heterocycles. The van der Waals surface area contributed by atoms with Crippen molar-refractivity contribution in [3.05, 3.63) is 28.7 Å². The second kappa shape index (κ2) is 9.90. The second-order valence-electron chi connectivity index (χ2n) is 5.50. The van der Waals surface area contributed by atoms with Gasteiger partial charge in [-0.3, -0.25) is 9.59 Å². The van der Waals surface area contributed by atoms with E-state index >= 15 is 0 Å². The molecule has 0 bridgehead atoms. The molecule has 1 fully saturated rings. The van der Waals surface area contributed by atoms with Crippen LogP contribution in [-0.4, -0.2) is 43.4 Å². The van der Waals surface area contributed by atoms with Crippen molar-refractivity contribution in [1.29, 1.82) is 0 Å². The lowest BCUT2D eigenvalue weighted by molar-refractivity contribution is -0.134. The molecule has 0 spiro atoms. The van der Waals surface area contributed by atoms with Crippen molar-refractivity contribution in [2.45, 2.75) is 19.3 Å². The first-order valence-electron chi connectivity index (χ1n) is 7.59. The highest BCUT2D eigenvalue weighted by molar-refractivity contribution is 9.10. The molecule has 2 amide bonds. The van der Waals surface area contributed by atoms with E-state index in [9.17, 15) is 9.59 Å². The number of amides is 2. The van der Waals surface area contributed by atoms with E-state index in [1.165, 1.54) is 0 Å². The van der Waals surface area contributed by atoms with Gasteiger partial charge in [-0.1, -0.05) is 15.9 Å². The Hall–Kier alpha value is -1.11. The molecule has 0 atom stereocenters. The third-order valence-electron chi connectivity index (χ3n) is 3.92. The summed E-state index contributed by atoms with van der Waals surface area (Å²) >= 11 is 3.37. The largest absolute Gasteiger partial charge is 0.343 e. The molecule has 0 unspecified atom stereocenters. The molecule has 128 valence electrons. The molecule has 1 aromatic rings. The lowest BCUT2D eigenvalue weighted by Crippen LogP contribution is -2.42. The monoisotopic (exact) mass is 403 g/mol. The van der Waals surface area contributed by atoms with Crippen molar-refractivity contribution in [3.63, 3.8) is 0 Å². The lowest BCUT2D eigenvalue weighted by atomic mass is 9.95. The zero-order valence-corrected chi connectivity index (χ0v) is 15.6. The third-order valence-corrected chi connectivity index (χ3v) is 4.45. The maximum Gasteiger partial charge on any atom is 0.227 e. The van der Waals surface area contributed by atoms with Crippen LogP contribution in [0.15, 0.2) is 28.7 Å². The highest BCUT2D eigenvalue weighted by atomic mass is 79.9. The number of anilines is 1. The molecule has 0 aromatic heterocycles. The van der Waals surface area contributed by atoms with Crippen LogP contribution in [-0.2, 0) is 9.59 Å². The fourth-order valence-electron chi connectivity index (χ4n) is 2.56. The minimum atomic E-state index is -0.0167. The van der Waals surface area contributed by atoms with Crippen LogP contribution in [0, 0.1) is 5.92 Å². The Kier molecular flexibility index (Phi) is 8.58. The number of carbonyl (C=O) groups is 2. The van der Waals surface area contributed by atoms with Crippen LogP contribution in [0.1, 0.15) is 19.3 Å². The molecule has 0 radical (unpaired) electrons. The predicted octanol–water partition coefficient (Wildman–Crippen LogP) is 2.66. The summed E-state index contributed by atoms with van der Waals surface area (Å²) in [4.78, 5) is 26.1. The summed E-state index contributed by atoms with van der Waals surface area (Å²) in [7, 11) is 1.84. The van der Waals surface area contributed by atoms with Crippen LogP contribution < -0.4 is 10.6 Å². The van der Waals surface area contributed by atoms with Gasteiger partial charge < -0.3 is 15.5 Å². The summed E-state index contributed by atoms with van der Waals surface area (Å²) in [5.74, 6) is 0.197. The first kappa shape index (κ1) is 19.9. The number of nitrogens with one attached hydrogen (secondary N) is 2. The van der Waals surface area contributed by atoms with Gasteiger partial charge >= 0.3 is 0 Å². The van der Waals surface area contributed by atoms with Crippen LogP contribution in [0.4, 0.5) is 5.69 Å². The minimum absolute atomic E-state index is 0. The van der Waals surface area contributed by atoms with Gasteiger partial charge in [-0.2, -0.15) is 0 Å². The van der Waals surface area contributed by atoms with Gasteiger partial charge in [-0.05, 0) is 44.2 Å². The first-order valence-corrected chi connectivity index (χ1v) is 8.38. The Labute approximate surface area is 151 Å². The standard InChI is InChI=1S/C16H22BrN3O2.ClH/c1-18-9-6-15(21)20-10-7-12(8-11-20)16(22)19-14-4-2-13(17)3-5-14;/h2-5,12,18H,6-11H2,1H3,(H,19,22);1H. The molecule has 1 aliphatic rings. The molecular formula is C16H23BrClN3O2. The number of hydrogen-bond acceptors (Lipinski definition) is 3. The number of carbonyl (C=O) groups excluding carboxylic acids is 2. The average molecular weight is 405 g/mol. The minimum Gasteiger partial charge on any atom is -0.343 e. The molecule has 0 saturated carbocycles. The number of likely N-dealkylation sites (tertiary alicyclic amines) is 1. The highest BCUT2D eigenvalue weighted by Crippen LogP contribution is 2.21. The van der Waals surface area contributed by atoms with Gasteiger partial charge in [0.2, 0.25) is 11.8 Å². The van der Waals surface area contributed by atoms with E-state index in [-0.39, 0.29) is 30.1 Å². The van der Waals surface area contributed by atoms with Gasteiger partial charge in [0, 0.05) is 42.1 Å². The summed E-state index contributed by atoms with van der Waals surface area (Å²) in [5.41, 5.74) is 0.806. The predicted molar refractivity (Wildman–Crippen MR) is 97.9 cm³/mol. The van der Waals surface area contributed by atoms with E-state index in [0.717, 1.165) is 23.0 Å². The van der Waals surface area contributed by atoms with Crippen molar-refractivity contribution in [1.82, 2.24) is 10.2 Å². The van der Waals surface area contributed by atoms with Crippen molar-refractivity contribution in [3.8, 4) is 0 Å². The van der Waals surface area contributed by atoms with Crippen molar-refractivity contribution in [2.24, 2.45) is 5.92 Å². The average Bonchev–Trinajstić information content (AvgIpc) is 2.55. The molecule has 1 saturated heterocycles. The van der Waals surface area contributed by atoms with Crippen LogP contribution >= 0.6 is 28.3 Å². The van der Waals surface area contributed by atoms with E-state index in [4.69, 9.17) is 0 Å². The summed E-state index contributed by atoms with van der Waals surface area (Å²) < 4.78 is 0.985. The van der Waals surface area contributed by atoms with E-state index in [0.29, 0.717) is 26.1 Å². The zero-order valence-electron chi connectivity index (χ0n) is 13.2. The number of nitrogens with zero attached hydrogens (tertiary/aromatic N) is 1. The summed E-state index contributed by atoms with van der Waals surface area (Å²) in [5, 5.41) is 5.92. The lowest BCUT2D eigenvalue weighted by Gasteiger charge is -2.31. The Morgan fingerprint density at radius 2 is 1.83 bits per heavy atom. The Balaban J connectivity index is 0.00000264. The van der Waals surface area contributed by atoms with E-state index in [1.807, 2.05) is 36.2 Å². The molecule has 23 heavy (non-hydrogen) atoms. The number of rotatable bonds is 5. The van der Waals surface area contributed by atoms with Gasteiger partial charge in [0.1, 0.15) is 0 Å². The number of hydrogen-bond donors (Lipinski definition) is 2. The molecular weight excluding hydrogens is 382 g/mol. The third kappa shape index (κ3) is 6.12. The molecule has 1 aromatic carbocycles. The Bertz CT molecular complexity index is 517. The molecule has 5 nitrogen and oxygen atoms in total. The summed E-state index contributed by atoms with van der Waals surface area (Å²) in [6.07, 6.45) is 1.98. The van der Waals surface area contributed by atoms with E-state index in [1.54, 1.807) is 0 Å². The fraction of sp³-hybridized carbons (Fsp3) is 0.500. The van der Waals surface area contributed by atoms with Gasteiger partial charge in [-0.15, -0.1) is 12.4 Å². The number of benzene rings is 1. The summed E-state index contributed by atoms with van der Waals surface area (Å²) in [6, 6.07) is 7.55. The SMILES string of the molecule is CNCCC(=O)N1CCC(C(=O)Nc2ccc(Br)cc2)CC1.Cl. The quantitative estimate of drug-likeness (QED) is 0.793. The highest BCUT2D eigenvalue weighted by Gasteiger charge is 2.27. The van der Waals surface area contributed by atoms with Gasteiger partial charge in [0.25, 0.3) is 0 Å². The Morgan fingerprint density at radius 1 is 1.22 bits per heavy atom. The molecule has 2 rings (SSSR count). The van der Waals surface area contributed by atoms with Crippen LogP contribution in [0.25, 0.3) is 0 Å². The molecule has 2 N–H and O–H groups in total. The molecule has 0 aliphatic carbocycles. The Morgan fingerprint density at radius 3 is 2.39 bits per heavy atom. The maximum atomic E-state index is 12.3. The maximum absolute atomic E-state index is 12.3. The van der Waals surface area contributed by atoms with E-state index in [2.05, 4.69) is 26.6 Å². The van der Waals surface area contributed by atoms with Crippen LogP contribution in [0.5, 0.6) is 0 Å². The molecule has 7 heteroatoms. The van der Waals surface area contributed by atoms with E-state index < -0.39 is 0 Å². The van der Waals surface area contributed by atoms with Crippen LogP contribution in [0.2, 0.25) is 0 Å². The van der Waals surface area contributed by atoms with Gasteiger partial charge in [0.15, 0.2) is 0 Å². The first-order chi connectivity index (χ1) is 10.6. The fourth-order valence-corrected chi connectivity index (χ4v) is 2.82. The normalized spacial score (nSPS) is 15.0. The topological polar surface area (TPSA) is 61.4 Å². The van der Waals surface area contributed by atoms with Gasteiger partial charge in [-0.25, -0.2) is 0 Å². The van der Waals surface area contributed by atoms with Crippen molar-refractivity contribution in [2.75, 3.05) is 32.0 Å². The second-order valence-corrected chi connectivity index (χ2v) is 6.42. The zero-order chi connectivity index (χ0) is 15.9. The van der Waals surface area contributed by atoms with Gasteiger partial charge in [0.05, 0.1) is 0 Å². The smallest absolute Gasteiger partial charge is 0.227 e. The van der Waals surface area contributed by atoms with Crippen molar-refractivity contribution >= 4 is 45.8 Å². The molecule has 1 aliphatic heterocycles. The number of piperidine rings is 1. The number of halogens is 2. The summed E-state index contributed by atoms with van der Waals surface area (Å²) in [6.45, 7) is 2.03. The van der Waals surface area contributed by atoms with Crippen molar-refractivity contribution < 1.29 is 9.59 Å². The van der Waals surface area contributed by atoms with Crippen LogP contribution in [0.3, 0.4) is 0 Å².